The van der Waals surface area contributed by atoms with E-state index in [1.165, 1.54) is 0 Å². The second-order valence-electron chi connectivity index (χ2n) is 7.44. The second kappa shape index (κ2) is 8.76. The first-order valence-electron chi connectivity index (χ1n) is 9.97. The zero-order chi connectivity index (χ0) is 21.0. The number of nitrogens with zero attached hydrogens (tertiary/aromatic N) is 2. The lowest BCUT2D eigenvalue weighted by atomic mass is 9.84. The molecule has 0 aliphatic heterocycles. The minimum absolute atomic E-state index is 0.0456. The minimum atomic E-state index is -0.629. The molecule has 0 saturated carbocycles. The van der Waals surface area contributed by atoms with Gasteiger partial charge in [-0.2, -0.15) is 11.8 Å². The fourth-order valence-electron chi connectivity index (χ4n) is 3.86. The molecule has 4 nitrogen and oxygen atoms in total. The zero-order valence-corrected chi connectivity index (χ0v) is 18.0. The molecule has 1 heterocycles. The van der Waals surface area contributed by atoms with Gasteiger partial charge in [0.2, 0.25) is 5.91 Å². The third kappa shape index (κ3) is 3.98. The van der Waals surface area contributed by atoms with E-state index in [9.17, 15) is 4.79 Å². The van der Waals surface area contributed by atoms with Gasteiger partial charge in [-0.05, 0) is 36.4 Å². The van der Waals surface area contributed by atoms with E-state index in [0.29, 0.717) is 0 Å². The topological polar surface area (TPSA) is 46.9 Å². The van der Waals surface area contributed by atoms with Crippen molar-refractivity contribution in [3.63, 3.8) is 0 Å². The smallest absolute Gasteiger partial charge is 0.240 e. The van der Waals surface area contributed by atoms with Gasteiger partial charge in [0, 0.05) is 0 Å². The van der Waals surface area contributed by atoms with Gasteiger partial charge in [-0.3, -0.25) is 4.79 Å². The van der Waals surface area contributed by atoms with Crippen LogP contribution in [0.15, 0.2) is 84.9 Å². The van der Waals surface area contributed by atoms with Crippen molar-refractivity contribution < 1.29 is 4.79 Å². The van der Waals surface area contributed by atoms with Crippen LogP contribution in [0.2, 0.25) is 0 Å². The van der Waals surface area contributed by atoms with Crippen molar-refractivity contribution in [2.24, 2.45) is 0 Å². The Morgan fingerprint density at radius 3 is 2.10 bits per heavy atom. The number of imidazole rings is 1. The number of rotatable bonds is 7. The summed E-state index contributed by atoms with van der Waals surface area (Å²) in [5.74, 6) is 1.63. The molecule has 30 heavy (non-hydrogen) atoms. The molecule has 0 bridgehead atoms. The van der Waals surface area contributed by atoms with Crippen molar-refractivity contribution in [3.05, 3.63) is 102 Å². The van der Waals surface area contributed by atoms with Gasteiger partial charge in [-0.1, -0.05) is 72.8 Å². The Kier molecular flexibility index (Phi) is 5.91. The van der Waals surface area contributed by atoms with Gasteiger partial charge in [0.1, 0.15) is 12.4 Å². The number of thioether (sulfide) groups is 1. The van der Waals surface area contributed by atoms with Crippen LogP contribution < -0.4 is 5.32 Å². The lowest BCUT2D eigenvalue weighted by Gasteiger charge is -2.32. The first kappa shape index (κ1) is 20.2. The highest BCUT2D eigenvalue weighted by molar-refractivity contribution is 7.97. The van der Waals surface area contributed by atoms with Crippen molar-refractivity contribution in [1.82, 2.24) is 14.9 Å². The molecule has 0 radical (unpaired) electrons. The molecule has 4 rings (SSSR count). The highest BCUT2D eigenvalue weighted by atomic mass is 32.2. The number of aromatic nitrogens is 2. The highest BCUT2D eigenvalue weighted by Gasteiger charge is 2.30. The summed E-state index contributed by atoms with van der Waals surface area (Å²) in [5, 5.41) is 3.30. The van der Waals surface area contributed by atoms with Crippen molar-refractivity contribution in [1.29, 1.82) is 0 Å². The standard InChI is InChI=1S/C25H25N3OS/c1-25(19-11-5-3-6-12-19,20-13-7-4-8-14-20)27-24(29)17-28-22-16-10-9-15-21(22)26-23(28)18-30-2/h3-16H,17-18H2,1-2H3,(H,27,29). The Morgan fingerprint density at radius 1 is 0.933 bits per heavy atom. The van der Waals surface area contributed by atoms with Crippen LogP contribution in [-0.2, 0) is 22.6 Å². The molecule has 0 fully saturated rings. The molecule has 1 aromatic heterocycles. The number of hydrogen-bond donors (Lipinski definition) is 1. The maximum Gasteiger partial charge on any atom is 0.240 e. The molecule has 3 aromatic carbocycles. The summed E-state index contributed by atoms with van der Waals surface area (Å²) in [5.41, 5.74) is 3.37. The number of carbonyl (C=O) groups excluding carboxylic acids is 1. The van der Waals surface area contributed by atoms with E-state index in [-0.39, 0.29) is 12.5 Å². The average Bonchev–Trinajstić information content (AvgIpc) is 3.12. The molecule has 0 aliphatic carbocycles. The number of amides is 1. The Bertz CT molecular complexity index is 1100. The van der Waals surface area contributed by atoms with Gasteiger partial charge in [0.25, 0.3) is 0 Å². The average molecular weight is 416 g/mol. The first-order chi connectivity index (χ1) is 14.6. The normalized spacial score (nSPS) is 11.5. The molecule has 0 saturated heterocycles. The second-order valence-corrected chi connectivity index (χ2v) is 8.31. The molecule has 1 N–H and O–H groups in total. The van der Waals surface area contributed by atoms with E-state index in [1.54, 1.807) is 11.8 Å². The quantitative estimate of drug-likeness (QED) is 0.463. The Balaban J connectivity index is 1.68. The molecule has 4 aromatic rings. The summed E-state index contributed by atoms with van der Waals surface area (Å²) in [6.07, 6.45) is 2.05. The van der Waals surface area contributed by atoms with E-state index >= 15 is 0 Å². The predicted octanol–water partition coefficient (Wildman–Crippen LogP) is 4.98. The third-order valence-electron chi connectivity index (χ3n) is 5.40. The summed E-state index contributed by atoms with van der Waals surface area (Å²) in [4.78, 5) is 18.0. The number of benzene rings is 3. The number of para-hydroxylation sites is 2. The Hall–Kier alpha value is -3.05. The van der Waals surface area contributed by atoms with Crippen LogP contribution in [0.5, 0.6) is 0 Å². The summed E-state index contributed by atoms with van der Waals surface area (Å²) in [6, 6.07) is 28.2. The molecular weight excluding hydrogens is 390 g/mol. The Morgan fingerprint density at radius 2 is 1.50 bits per heavy atom. The van der Waals surface area contributed by atoms with Gasteiger partial charge in [0.15, 0.2) is 0 Å². The van der Waals surface area contributed by atoms with Crippen LogP contribution in [-0.4, -0.2) is 21.7 Å². The van der Waals surface area contributed by atoms with E-state index in [1.807, 2.05) is 71.5 Å². The fraction of sp³-hybridized carbons (Fsp3) is 0.200. The first-order valence-corrected chi connectivity index (χ1v) is 11.4. The predicted molar refractivity (Wildman–Crippen MR) is 124 cm³/mol. The zero-order valence-electron chi connectivity index (χ0n) is 17.2. The highest BCUT2D eigenvalue weighted by Crippen LogP contribution is 2.29. The van der Waals surface area contributed by atoms with E-state index in [2.05, 4.69) is 36.5 Å². The number of fused-ring (bicyclic) bond motifs is 1. The van der Waals surface area contributed by atoms with Gasteiger partial charge in [0.05, 0.1) is 22.3 Å². The van der Waals surface area contributed by atoms with Crippen LogP contribution >= 0.6 is 11.8 Å². The SMILES string of the molecule is CSCc1nc2ccccc2n1CC(=O)NC(C)(c1ccccc1)c1ccccc1. The van der Waals surface area contributed by atoms with Crippen molar-refractivity contribution in [3.8, 4) is 0 Å². The van der Waals surface area contributed by atoms with Gasteiger partial charge >= 0.3 is 0 Å². The van der Waals surface area contributed by atoms with Crippen LogP contribution in [0, 0.1) is 0 Å². The number of carbonyl (C=O) groups is 1. The molecule has 5 heteroatoms. The van der Waals surface area contributed by atoms with Crippen LogP contribution in [0.25, 0.3) is 11.0 Å². The summed E-state index contributed by atoms with van der Waals surface area (Å²) in [6.45, 7) is 2.29. The molecule has 0 spiro atoms. The molecule has 0 unspecified atom stereocenters. The molecule has 0 aliphatic rings. The molecule has 152 valence electrons. The summed E-state index contributed by atoms with van der Waals surface area (Å²) in [7, 11) is 0. The lowest BCUT2D eigenvalue weighted by Crippen LogP contribution is -2.45. The van der Waals surface area contributed by atoms with Crippen LogP contribution in [0.1, 0.15) is 23.9 Å². The fourth-order valence-corrected chi connectivity index (χ4v) is 4.34. The van der Waals surface area contributed by atoms with Crippen LogP contribution in [0.3, 0.4) is 0 Å². The minimum Gasteiger partial charge on any atom is -0.341 e. The third-order valence-corrected chi connectivity index (χ3v) is 5.95. The molecular formula is C25H25N3OS. The van der Waals surface area contributed by atoms with Crippen LogP contribution in [0.4, 0.5) is 0 Å². The number of nitrogens with one attached hydrogen (secondary N) is 1. The van der Waals surface area contributed by atoms with Crippen molar-refractivity contribution >= 4 is 28.7 Å². The van der Waals surface area contributed by atoms with Crippen molar-refractivity contribution in [2.75, 3.05) is 6.26 Å². The monoisotopic (exact) mass is 415 g/mol. The Labute approximate surface area is 181 Å². The summed E-state index contributed by atoms with van der Waals surface area (Å²) >= 11 is 1.70. The van der Waals surface area contributed by atoms with E-state index < -0.39 is 5.54 Å². The summed E-state index contributed by atoms with van der Waals surface area (Å²) < 4.78 is 2.03. The van der Waals surface area contributed by atoms with Gasteiger partial charge in [-0.15, -0.1) is 0 Å². The maximum atomic E-state index is 13.3. The largest absolute Gasteiger partial charge is 0.341 e. The van der Waals surface area contributed by atoms with Crippen molar-refractivity contribution in [2.45, 2.75) is 24.8 Å². The van der Waals surface area contributed by atoms with Gasteiger partial charge < -0.3 is 9.88 Å². The molecule has 0 atom stereocenters. The maximum absolute atomic E-state index is 13.3. The number of hydrogen-bond acceptors (Lipinski definition) is 3. The lowest BCUT2D eigenvalue weighted by molar-refractivity contribution is -0.123. The van der Waals surface area contributed by atoms with E-state index in [4.69, 9.17) is 4.98 Å². The van der Waals surface area contributed by atoms with Gasteiger partial charge in [-0.25, -0.2) is 4.98 Å². The molecule has 1 amide bonds. The van der Waals surface area contributed by atoms with E-state index in [0.717, 1.165) is 33.7 Å².